The maximum atomic E-state index is 14.1. The quantitative estimate of drug-likeness (QED) is 0.246. The molecule has 41 heavy (non-hydrogen) atoms. The van der Waals surface area contributed by atoms with Gasteiger partial charge in [0.15, 0.2) is 11.4 Å². The van der Waals surface area contributed by atoms with Crippen LogP contribution in [-0.2, 0) is 27.3 Å². The molecule has 0 aliphatic heterocycles. The normalized spacial score (nSPS) is 26.4. The van der Waals surface area contributed by atoms with Crippen LogP contribution in [-0.4, -0.2) is 112 Å². The van der Waals surface area contributed by atoms with E-state index >= 15 is 0 Å². The number of carbonyl (C=O) groups is 3. The van der Waals surface area contributed by atoms with Gasteiger partial charge in [0.1, 0.15) is 22.8 Å². The van der Waals surface area contributed by atoms with Crippen molar-refractivity contribution in [3.63, 3.8) is 0 Å². The number of hydrogen-bond donors (Lipinski definition) is 6. The fourth-order valence-corrected chi connectivity index (χ4v) is 6.87. The van der Waals surface area contributed by atoms with Gasteiger partial charge in [-0.25, -0.2) is 0 Å². The number of hydrogen-bond acceptors (Lipinski definition) is 11. The zero-order valence-electron chi connectivity index (χ0n) is 24.5. The summed E-state index contributed by atoms with van der Waals surface area (Å²) in [7, 11) is 8.53. The Labute approximate surface area is 239 Å². The first-order valence-corrected chi connectivity index (χ1v) is 13.4. The number of aliphatic hydroxyl groups is 4. The number of fused-ring (bicyclic) bond motifs is 3. The molecule has 0 aromatic heterocycles. The number of aliphatic hydroxyl groups excluding tert-OH is 2. The van der Waals surface area contributed by atoms with Crippen LogP contribution in [0.15, 0.2) is 23.0 Å². The number of carbonyl (C=O) groups excluding carboxylic acids is 3. The summed E-state index contributed by atoms with van der Waals surface area (Å²) in [5.41, 5.74) is 2.44. The molecule has 3 aliphatic rings. The van der Waals surface area contributed by atoms with Gasteiger partial charge in [0.05, 0.1) is 17.2 Å². The van der Waals surface area contributed by atoms with Crippen molar-refractivity contribution in [2.75, 3.05) is 46.7 Å². The molecule has 224 valence electrons. The fourth-order valence-electron chi connectivity index (χ4n) is 6.87. The molecule has 0 unspecified atom stereocenters. The van der Waals surface area contributed by atoms with Gasteiger partial charge in [-0.15, -0.1) is 0 Å². The van der Waals surface area contributed by atoms with Gasteiger partial charge in [0.2, 0.25) is 5.78 Å². The minimum absolute atomic E-state index is 0.0233. The van der Waals surface area contributed by atoms with Crippen LogP contribution in [0.3, 0.4) is 0 Å². The molecule has 3 aliphatic carbocycles. The van der Waals surface area contributed by atoms with Gasteiger partial charge in [-0.3, -0.25) is 24.2 Å². The molecular weight excluding hydrogens is 532 g/mol. The second-order valence-corrected chi connectivity index (χ2v) is 12.6. The van der Waals surface area contributed by atoms with Crippen molar-refractivity contribution < 1.29 is 39.9 Å². The number of phenolic OH excluding ortho intramolecular Hbond substituents is 1. The Bertz CT molecular complexity index is 1390. The maximum absolute atomic E-state index is 14.1. The molecule has 0 heterocycles. The minimum atomic E-state index is -2.69. The third-order valence-electron chi connectivity index (χ3n) is 8.36. The number of phenols is 1. The Balaban J connectivity index is 1.93. The first kappa shape index (κ1) is 30.5. The standard InChI is InChI=1S/C29H40N4O8/c1-28(2,40)12-33(7)11-14-10-17(31(3)4)15-8-13-9-16-21(32(5)6)24(36)20(27(30)39)26(38)29(16,41)25(37)18(13)23(35)19(15)22(14)34/h10,13,16,21,34-35,38,40-41H,8-9,11-12H2,1-7H3,(H2,30,39)/t13-,16-,21-,29-/m0/s1. The van der Waals surface area contributed by atoms with Gasteiger partial charge in [-0.1, -0.05) is 0 Å². The average molecular weight is 573 g/mol. The van der Waals surface area contributed by atoms with Crippen LogP contribution in [0, 0.1) is 11.8 Å². The van der Waals surface area contributed by atoms with Crippen LogP contribution in [0.25, 0.3) is 5.76 Å². The van der Waals surface area contributed by atoms with Crippen molar-refractivity contribution in [1.82, 2.24) is 9.80 Å². The SMILES string of the molecule is CN(Cc1cc(N(C)C)c2c(c1O)C(O)=C1C(=O)[C@]3(O)C(O)=C(C(N)=O)C(=O)[C@@H](N(C)C)[C@@H]3C[C@@H]1C2)CC(C)(C)O. The number of anilines is 1. The number of likely N-dealkylation sites (N-methyl/N-ethyl adjacent to an activating group) is 2. The second kappa shape index (κ2) is 10.1. The smallest absolute Gasteiger partial charge is 0.255 e. The molecule has 12 heteroatoms. The van der Waals surface area contributed by atoms with E-state index in [9.17, 15) is 39.9 Å². The Hall–Kier alpha value is -3.45. The predicted molar refractivity (Wildman–Crippen MR) is 151 cm³/mol. The highest BCUT2D eigenvalue weighted by Crippen LogP contribution is 2.54. The summed E-state index contributed by atoms with van der Waals surface area (Å²) in [5, 5.41) is 56.0. The summed E-state index contributed by atoms with van der Waals surface area (Å²) in [6, 6.07) is 0.664. The molecular formula is C29H40N4O8. The Morgan fingerprint density at radius 1 is 1.12 bits per heavy atom. The molecule has 7 N–H and O–H groups in total. The van der Waals surface area contributed by atoms with Crippen LogP contribution in [0.4, 0.5) is 5.69 Å². The van der Waals surface area contributed by atoms with Crippen LogP contribution in [0.2, 0.25) is 0 Å². The maximum Gasteiger partial charge on any atom is 0.255 e. The topological polar surface area (TPSA) is 188 Å². The molecule has 0 radical (unpaired) electrons. The lowest BCUT2D eigenvalue weighted by molar-refractivity contribution is -0.153. The summed E-state index contributed by atoms with van der Waals surface area (Å²) in [6.45, 7) is 3.84. The highest BCUT2D eigenvalue weighted by Gasteiger charge is 2.64. The molecule has 12 nitrogen and oxygen atoms in total. The van der Waals surface area contributed by atoms with E-state index in [2.05, 4.69) is 0 Å². The predicted octanol–water partition coefficient (Wildman–Crippen LogP) is 0.233. The van der Waals surface area contributed by atoms with Crippen LogP contribution >= 0.6 is 0 Å². The Morgan fingerprint density at radius 2 is 1.73 bits per heavy atom. The highest BCUT2D eigenvalue weighted by atomic mass is 16.3. The van der Waals surface area contributed by atoms with Crippen molar-refractivity contribution >= 4 is 28.9 Å². The lowest BCUT2D eigenvalue weighted by atomic mass is 9.57. The first-order chi connectivity index (χ1) is 18.8. The second-order valence-electron chi connectivity index (χ2n) is 12.6. The zero-order chi connectivity index (χ0) is 30.9. The molecule has 1 aromatic rings. The molecule has 4 atom stereocenters. The van der Waals surface area contributed by atoms with Crippen LogP contribution < -0.4 is 10.6 Å². The number of nitrogens with zero attached hydrogens (tertiary/aromatic N) is 3. The third kappa shape index (κ3) is 4.78. The molecule has 0 saturated heterocycles. The highest BCUT2D eigenvalue weighted by molar-refractivity contribution is 6.24. The van der Waals surface area contributed by atoms with Gasteiger partial charge >= 0.3 is 0 Å². The van der Waals surface area contributed by atoms with Gasteiger partial charge in [-0.2, -0.15) is 0 Å². The van der Waals surface area contributed by atoms with E-state index in [0.717, 1.165) is 0 Å². The molecule has 1 aromatic carbocycles. The van der Waals surface area contributed by atoms with E-state index < -0.39 is 63.6 Å². The molecule has 4 rings (SSSR count). The van der Waals surface area contributed by atoms with Crippen LogP contribution in [0.5, 0.6) is 5.75 Å². The van der Waals surface area contributed by atoms with E-state index in [1.165, 1.54) is 4.90 Å². The van der Waals surface area contributed by atoms with Crippen molar-refractivity contribution in [1.29, 1.82) is 0 Å². The summed E-state index contributed by atoms with van der Waals surface area (Å²) >= 11 is 0. The van der Waals surface area contributed by atoms with E-state index in [1.54, 1.807) is 41.1 Å². The number of benzene rings is 1. The molecule has 1 saturated carbocycles. The molecule has 0 bridgehead atoms. The van der Waals surface area contributed by atoms with Gasteiger partial charge in [0, 0.05) is 49.9 Å². The fraction of sp³-hybridized carbons (Fsp3) is 0.552. The number of amides is 1. The van der Waals surface area contributed by atoms with E-state index in [1.807, 2.05) is 23.9 Å². The van der Waals surface area contributed by atoms with E-state index in [-0.39, 0.29) is 36.3 Å². The molecule has 1 fully saturated rings. The first-order valence-electron chi connectivity index (χ1n) is 13.4. The zero-order valence-corrected chi connectivity index (χ0v) is 24.5. The molecule has 0 spiro atoms. The Kier molecular flexibility index (Phi) is 7.53. The number of aromatic hydroxyl groups is 1. The van der Waals surface area contributed by atoms with Crippen LogP contribution in [0.1, 0.15) is 37.0 Å². The van der Waals surface area contributed by atoms with Gasteiger partial charge in [0.25, 0.3) is 5.91 Å². The lowest BCUT2D eigenvalue weighted by Crippen LogP contribution is -2.65. The number of rotatable bonds is 7. The number of nitrogens with two attached hydrogens (primary N) is 1. The van der Waals surface area contributed by atoms with E-state index in [0.29, 0.717) is 23.4 Å². The van der Waals surface area contributed by atoms with Crippen molar-refractivity contribution in [2.45, 2.75) is 50.5 Å². The Morgan fingerprint density at radius 3 is 2.24 bits per heavy atom. The third-order valence-corrected chi connectivity index (χ3v) is 8.36. The summed E-state index contributed by atoms with van der Waals surface area (Å²) in [4.78, 5) is 44.6. The van der Waals surface area contributed by atoms with E-state index in [4.69, 9.17) is 5.73 Å². The van der Waals surface area contributed by atoms with Crippen molar-refractivity contribution in [3.05, 3.63) is 39.7 Å². The number of primary amides is 1. The number of Topliss-reactive ketones (excluding diaryl/α,β-unsaturated/α-hetero) is 2. The number of ketones is 2. The molecule has 1 amide bonds. The largest absolute Gasteiger partial charge is 0.508 e. The van der Waals surface area contributed by atoms with Gasteiger partial charge in [-0.05, 0) is 65.4 Å². The summed E-state index contributed by atoms with van der Waals surface area (Å²) < 4.78 is 0. The average Bonchev–Trinajstić information content (AvgIpc) is 2.81. The van der Waals surface area contributed by atoms with Gasteiger partial charge < -0.3 is 36.2 Å². The minimum Gasteiger partial charge on any atom is -0.508 e. The lowest BCUT2D eigenvalue weighted by Gasteiger charge is -2.50. The summed E-state index contributed by atoms with van der Waals surface area (Å²) in [5.74, 6) is -6.80. The van der Waals surface area contributed by atoms with Crippen molar-refractivity contribution in [2.24, 2.45) is 17.6 Å². The van der Waals surface area contributed by atoms with Crippen molar-refractivity contribution in [3.8, 4) is 5.75 Å². The monoisotopic (exact) mass is 572 g/mol. The summed E-state index contributed by atoms with van der Waals surface area (Å²) in [6.07, 6.45) is 0.227.